The van der Waals surface area contributed by atoms with Crippen LogP contribution in [0.2, 0.25) is 0 Å². The first-order valence-electron chi connectivity index (χ1n) is 6.19. The number of carbonyl (C=O) groups is 1. The van der Waals surface area contributed by atoms with Crippen LogP contribution in [0.25, 0.3) is 11.4 Å². The first kappa shape index (κ1) is 14.0. The van der Waals surface area contributed by atoms with Crippen molar-refractivity contribution in [2.45, 2.75) is 25.8 Å². The summed E-state index contributed by atoms with van der Waals surface area (Å²) in [6.07, 6.45) is 0.372. The molecule has 1 aromatic heterocycles. The molecule has 0 fully saturated rings. The lowest BCUT2D eigenvalue weighted by Gasteiger charge is -2.23. The van der Waals surface area contributed by atoms with Crippen molar-refractivity contribution in [1.29, 1.82) is 0 Å². The van der Waals surface area contributed by atoms with Crippen LogP contribution in [-0.2, 0) is 10.3 Å². The normalized spacial score (nSPS) is 13.8. The van der Waals surface area contributed by atoms with Gasteiger partial charge in [-0.3, -0.25) is 0 Å². The van der Waals surface area contributed by atoms with E-state index in [4.69, 9.17) is 4.74 Å². The van der Waals surface area contributed by atoms with Gasteiger partial charge in [0, 0.05) is 5.56 Å². The molecule has 1 atom stereocenters. The van der Waals surface area contributed by atoms with Crippen LogP contribution in [0, 0.1) is 0 Å². The lowest BCUT2D eigenvalue weighted by atomic mass is 9.99. The number of nitrogens with zero attached hydrogens (tertiary/aromatic N) is 4. The molecule has 0 amide bonds. The Morgan fingerprint density at radius 1 is 1.40 bits per heavy atom. The Morgan fingerprint density at radius 3 is 2.55 bits per heavy atom. The van der Waals surface area contributed by atoms with E-state index < -0.39 is 11.5 Å². The van der Waals surface area contributed by atoms with Crippen molar-refractivity contribution >= 4 is 5.97 Å². The zero-order valence-corrected chi connectivity index (χ0v) is 11.6. The Balaban J connectivity index is 2.49. The van der Waals surface area contributed by atoms with E-state index in [0.29, 0.717) is 18.0 Å². The van der Waals surface area contributed by atoms with Crippen molar-refractivity contribution in [3.05, 3.63) is 24.3 Å². The quantitative estimate of drug-likeness (QED) is 0.891. The number of hydrogen-bond donors (Lipinski definition) is 1. The maximum Gasteiger partial charge on any atom is 0.331 e. The predicted octanol–water partition coefficient (Wildman–Crippen LogP) is 1.56. The molecule has 106 valence electrons. The number of tetrazole rings is 1. The molecule has 0 aliphatic carbocycles. The number of aromatic nitrogens is 4. The first-order valence-corrected chi connectivity index (χ1v) is 6.19. The third-order valence-corrected chi connectivity index (χ3v) is 3.43. The van der Waals surface area contributed by atoms with Crippen molar-refractivity contribution in [3.8, 4) is 17.1 Å². The molecule has 0 bridgehead atoms. The minimum atomic E-state index is -1.18. The van der Waals surface area contributed by atoms with E-state index in [1.54, 1.807) is 45.2 Å². The largest absolute Gasteiger partial charge is 0.497 e. The molecular weight excluding hydrogens is 260 g/mol. The summed E-state index contributed by atoms with van der Waals surface area (Å²) in [5.41, 5.74) is -0.449. The van der Waals surface area contributed by atoms with Gasteiger partial charge in [-0.25, -0.2) is 9.48 Å². The van der Waals surface area contributed by atoms with Crippen LogP contribution in [0.15, 0.2) is 24.3 Å². The van der Waals surface area contributed by atoms with Crippen molar-refractivity contribution in [2.24, 2.45) is 0 Å². The van der Waals surface area contributed by atoms with Gasteiger partial charge in [-0.05, 0) is 48.0 Å². The fourth-order valence-electron chi connectivity index (χ4n) is 1.83. The van der Waals surface area contributed by atoms with Crippen LogP contribution in [0.5, 0.6) is 5.75 Å². The molecule has 1 N–H and O–H groups in total. The molecule has 0 saturated heterocycles. The Hall–Kier alpha value is -2.44. The van der Waals surface area contributed by atoms with Crippen LogP contribution in [-0.4, -0.2) is 38.4 Å². The Labute approximate surface area is 116 Å². The van der Waals surface area contributed by atoms with Gasteiger partial charge >= 0.3 is 5.97 Å². The average Bonchev–Trinajstić information content (AvgIpc) is 2.96. The fraction of sp³-hybridized carbons (Fsp3) is 0.385. The van der Waals surface area contributed by atoms with E-state index in [-0.39, 0.29) is 0 Å². The van der Waals surface area contributed by atoms with Crippen molar-refractivity contribution in [1.82, 2.24) is 20.2 Å². The number of carboxylic acids is 1. The molecule has 7 nitrogen and oxygen atoms in total. The number of benzene rings is 1. The molecule has 7 heteroatoms. The summed E-state index contributed by atoms with van der Waals surface area (Å²) in [7, 11) is 1.58. The van der Waals surface area contributed by atoms with Crippen LogP contribution < -0.4 is 4.74 Å². The van der Waals surface area contributed by atoms with Gasteiger partial charge < -0.3 is 9.84 Å². The van der Waals surface area contributed by atoms with Crippen molar-refractivity contribution in [2.75, 3.05) is 7.11 Å². The molecule has 1 heterocycles. The summed E-state index contributed by atoms with van der Waals surface area (Å²) < 4.78 is 6.44. The molecule has 0 saturated carbocycles. The maximum atomic E-state index is 11.5. The van der Waals surface area contributed by atoms with E-state index in [0.717, 1.165) is 5.56 Å². The molecule has 1 unspecified atom stereocenters. The highest BCUT2D eigenvalue weighted by Gasteiger charge is 2.37. The third-order valence-electron chi connectivity index (χ3n) is 3.43. The van der Waals surface area contributed by atoms with Crippen LogP contribution in [0.4, 0.5) is 0 Å². The third kappa shape index (κ3) is 2.22. The van der Waals surface area contributed by atoms with Gasteiger partial charge in [0.25, 0.3) is 0 Å². The molecule has 0 aliphatic heterocycles. The second-order valence-electron chi connectivity index (χ2n) is 4.58. The zero-order chi connectivity index (χ0) is 14.8. The second kappa shape index (κ2) is 5.28. The maximum absolute atomic E-state index is 11.5. The number of methoxy groups -OCH3 is 1. The predicted molar refractivity (Wildman–Crippen MR) is 71.4 cm³/mol. The lowest BCUT2D eigenvalue weighted by molar-refractivity contribution is -0.147. The van der Waals surface area contributed by atoms with Gasteiger partial charge in [0.15, 0.2) is 11.4 Å². The van der Waals surface area contributed by atoms with Gasteiger partial charge in [0.2, 0.25) is 0 Å². The average molecular weight is 276 g/mol. The first-order chi connectivity index (χ1) is 9.52. The molecule has 0 radical (unpaired) electrons. The summed E-state index contributed by atoms with van der Waals surface area (Å²) in [6, 6.07) is 7.13. The monoisotopic (exact) mass is 276 g/mol. The molecular formula is C13H16N4O3. The smallest absolute Gasteiger partial charge is 0.331 e. The highest BCUT2D eigenvalue weighted by atomic mass is 16.5. The van der Waals surface area contributed by atoms with E-state index >= 15 is 0 Å². The number of ether oxygens (including phenoxy) is 1. The second-order valence-corrected chi connectivity index (χ2v) is 4.58. The van der Waals surface area contributed by atoms with Crippen LogP contribution in [0.3, 0.4) is 0 Å². The summed E-state index contributed by atoms with van der Waals surface area (Å²) >= 11 is 0. The van der Waals surface area contributed by atoms with Crippen molar-refractivity contribution < 1.29 is 14.6 Å². The van der Waals surface area contributed by atoms with E-state index in [1.807, 2.05) is 0 Å². The van der Waals surface area contributed by atoms with Gasteiger partial charge in [-0.1, -0.05) is 6.92 Å². The molecule has 20 heavy (non-hydrogen) atoms. The summed E-state index contributed by atoms with van der Waals surface area (Å²) in [6.45, 7) is 3.38. The minimum Gasteiger partial charge on any atom is -0.497 e. The fourth-order valence-corrected chi connectivity index (χ4v) is 1.83. The molecule has 2 rings (SSSR count). The van der Waals surface area contributed by atoms with E-state index in [2.05, 4.69) is 15.5 Å². The van der Waals surface area contributed by atoms with Gasteiger partial charge in [0.1, 0.15) is 5.75 Å². The number of carboxylic acid groups (broad SMARTS) is 1. The topological polar surface area (TPSA) is 90.1 Å². The Bertz CT molecular complexity index is 608. The molecule has 0 aliphatic rings. The SMILES string of the molecule is CCC(C)(C(=O)O)n1nnnc1-c1ccc(OC)cc1. The summed E-state index contributed by atoms with van der Waals surface area (Å²) in [5.74, 6) is 0.158. The molecule has 0 spiro atoms. The summed E-state index contributed by atoms with van der Waals surface area (Å²) in [4.78, 5) is 11.5. The highest BCUT2D eigenvalue weighted by Crippen LogP contribution is 2.27. The lowest BCUT2D eigenvalue weighted by Crippen LogP contribution is -2.39. The molecule has 2 aromatic rings. The standard InChI is InChI=1S/C13H16N4O3/c1-4-13(2,12(18)19)17-11(14-15-16-17)9-5-7-10(20-3)8-6-9/h5-8H,4H2,1-3H3,(H,18,19). The van der Waals surface area contributed by atoms with E-state index in [9.17, 15) is 9.90 Å². The highest BCUT2D eigenvalue weighted by molar-refractivity contribution is 5.77. The Morgan fingerprint density at radius 2 is 2.05 bits per heavy atom. The van der Waals surface area contributed by atoms with Crippen LogP contribution >= 0.6 is 0 Å². The van der Waals surface area contributed by atoms with E-state index in [1.165, 1.54) is 4.68 Å². The van der Waals surface area contributed by atoms with Crippen LogP contribution in [0.1, 0.15) is 20.3 Å². The number of aliphatic carboxylic acids is 1. The number of hydrogen-bond acceptors (Lipinski definition) is 5. The Kier molecular flexibility index (Phi) is 3.69. The molecule has 1 aromatic carbocycles. The number of rotatable bonds is 5. The van der Waals surface area contributed by atoms with Gasteiger partial charge in [0.05, 0.1) is 7.11 Å². The van der Waals surface area contributed by atoms with Gasteiger partial charge in [-0.15, -0.1) is 5.10 Å². The zero-order valence-electron chi connectivity index (χ0n) is 11.6. The van der Waals surface area contributed by atoms with Gasteiger partial charge in [-0.2, -0.15) is 0 Å². The van der Waals surface area contributed by atoms with Crippen molar-refractivity contribution in [3.63, 3.8) is 0 Å². The summed E-state index contributed by atoms with van der Waals surface area (Å²) in [5, 5.41) is 20.8. The minimum absolute atomic E-state index is 0.372.